The van der Waals surface area contributed by atoms with Crippen molar-refractivity contribution in [2.24, 2.45) is 0 Å². The van der Waals surface area contributed by atoms with E-state index in [0.717, 1.165) is 40.7 Å². The van der Waals surface area contributed by atoms with Gasteiger partial charge in [-0.05, 0) is 93.6 Å². The molecule has 2 heterocycles. The third-order valence-electron chi connectivity index (χ3n) is 13.3. The molecule has 2 aliphatic rings. The number of rotatable bonds is 9. The van der Waals surface area contributed by atoms with Crippen molar-refractivity contribution in [2.45, 2.75) is 25.2 Å². The van der Waals surface area contributed by atoms with Gasteiger partial charge in [0, 0.05) is 39.1 Å². The Hall–Kier alpha value is -8.47. The topological polar surface area (TPSA) is 43.6 Å². The molecule has 10 aromatic rings. The zero-order chi connectivity index (χ0) is 44.5. The monoisotopic (exact) mass is 858 g/mol. The molecule has 2 aromatic heterocycles. The Labute approximate surface area is 391 Å². The molecule has 4 heteroatoms. The molecule has 67 heavy (non-hydrogen) atoms. The highest BCUT2D eigenvalue weighted by Gasteiger charge is 2.32. The molecule has 0 spiro atoms. The number of hydrogen-bond donors (Lipinski definition) is 0. The van der Waals surface area contributed by atoms with Crippen LogP contribution >= 0.6 is 0 Å². The van der Waals surface area contributed by atoms with Crippen LogP contribution in [-0.4, -0.2) is 19.5 Å². The van der Waals surface area contributed by atoms with E-state index in [9.17, 15) is 0 Å². The first-order valence-corrected chi connectivity index (χ1v) is 23.3. The Bertz CT molecular complexity index is 3490. The minimum absolute atomic E-state index is 0.0894. The van der Waals surface area contributed by atoms with Gasteiger partial charge in [0.1, 0.15) is 0 Å². The number of hydrogen-bond acceptors (Lipinski definition) is 3. The highest BCUT2D eigenvalue weighted by atomic mass is 15.0. The summed E-state index contributed by atoms with van der Waals surface area (Å²) < 4.78 is 2.55. The Balaban J connectivity index is 1.14. The average Bonchev–Trinajstić information content (AvgIpc) is 3.75. The summed E-state index contributed by atoms with van der Waals surface area (Å²) in [7, 11) is 0. The molecule has 318 valence electrons. The van der Waals surface area contributed by atoms with Crippen LogP contribution in [0.15, 0.2) is 237 Å². The van der Waals surface area contributed by atoms with Gasteiger partial charge in [-0.1, -0.05) is 212 Å². The SMILES string of the molecule is C1=CC(c2ccc(C3=C(n4c5ccccc5c5cc(-c6ccccc6)ccc54)C(c4ccc(-c5ccccc5)cc4)CC(c4nc(-c5ccccc5)nc(-c5ccccc5)n4)=C3)cc2)=CCC1. The van der Waals surface area contributed by atoms with Gasteiger partial charge >= 0.3 is 0 Å². The van der Waals surface area contributed by atoms with Crippen molar-refractivity contribution in [3.8, 4) is 45.0 Å². The number of para-hydroxylation sites is 1. The van der Waals surface area contributed by atoms with Crippen LogP contribution in [-0.2, 0) is 0 Å². The van der Waals surface area contributed by atoms with Crippen molar-refractivity contribution in [3.05, 3.63) is 259 Å². The van der Waals surface area contributed by atoms with E-state index in [1.807, 2.05) is 36.4 Å². The summed E-state index contributed by atoms with van der Waals surface area (Å²) in [5.74, 6) is 1.90. The van der Waals surface area contributed by atoms with Crippen LogP contribution in [0.2, 0.25) is 0 Å². The van der Waals surface area contributed by atoms with E-state index in [-0.39, 0.29) is 5.92 Å². The van der Waals surface area contributed by atoms with Crippen molar-refractivity contribution < 1.29 is 0 Å². The van der Waals surface area contributed by atoms with Crippen LogP contribution < -0.4 is 0 Å². The number of allylic oxidation sites excluding steroid dienone is 8. The number of nitrogens with zero attached hydrogens (tertiary/aromatic N) is 4. The first-order valence-electron chi connectivity index (χ1n) is 23.3. The first-order chi connectivity index (χ1) is 33.2. The molecule has 0 N–H and O–H groups in total. The second-order valence-corrected chi connectivity index (χ2v) is 17.4. The van der Waals surface area contributed by atoms with Crippen LogP contribution in [0, 0.1) is 0 Å². The minimum Gasteiger partial charge on any atom is -0.312 e. The van der Waals surface area contributed by atoms with Crippen LogP contribution in [0.4, 0.5) is 0 Å². The smallest absolute Gasteiger partial charge is 0.164 e. The first kappa shape index (κ1) is 40.1. The van der Waals surface area contributed by atoms with E-state index >= 15 is 0 Å². The zero-order valence-corrected chi connectivity index (χ0v) is 37.0. The normalized spacial score (nSPS) is 14.9. The highest BCUT2D eigenvalue weighted by molar-refractivity contribution is 6.14. The third kappa shape index (κ3) is 7.73. The van der Waals surface area contributed by atoms with E-state index in [0.29, 0.717) is 23.9 Å². The fourth-order valence-corrected chi connectivity index (χ4v) is 9.95. The Morgan fingerprint density at radius 3 is 1.54 bits per heavy atom. The summed E-state index contributed by atoms with van der Waals surface area (Å²) in [6, 6.07) is 76.2. The van der Waals surface area contributed by atoms with Gasteiger partial charge in [0.05, 0.1) is 11.0 Å². The van der Waals surface area contributed by atoms with Crippen LogP contribution in [0.5, 0.6) is 0 Å². The van der Waals surface area contributed by atoms with Crippen molar-refractivity contribution in [3.63, 3.8) is 0 Å². The Kier molecular flexibility index (Phi) is 10.5. The van der Waals surface area contributed by atoms with Gasteiger partial charge in [0.25, 0.3) is 0 Å². The molecule has 8 aromatic carbocycles. The fourth-order valence-electron chi connectivity index (χ4n) is 9.95. The Morgan fingerprint density at radius 1 is 0.403 bits per heavy atom. The second-order valence-electron chi connectivity index (χ2n) is 17.4. The van der Waals surface area contributed by atoms with Crippen LogP contribution in [0.25, 0.3) is 89.3 Å². The van der Waals surface area contributed by atoms with Gasteiger partial charge in [-0.3, -0.25) is 0 Å². The molecule has 0 saturated heterocycles. The molecular formula is C63H46N4. The van der Waals surface area contributed by atoms with E-state index in [1.165, 1.54) is 66.5 Å². The molecule has 0 radical (unpaired) electrons. The lowest BCUT2D eigenvalue weighted by molar-refractivity contribution is 0.835. The van der Waals surface area contributed by atoms with Crippen molar-refractivity contribution >= 4 is 44.2 Å². The lowest BCUT2D eigenvalue weighted by Crippen LogP contribution is -2.16. The summed E-state index contributed by atoms with van der Waals surface area (Å²) in [6.07, 6.45) is 12.1. The van der Waals surface area contributed by atoms with Crippen molar-refractivity contribution in [2.75, 3.05) is 0 Å². The minimum atomic E-state index is -0.0894. The van der Waals surface area contributed by atoms with E-state index in [2.05, 4.69) is 205 Å². The largest absolute Gasteiger partial charge is 0.312 e. The molecule has 1 unspecified atom stereocenters. The highest BCUT2D eigenvalue weighted by Crippen LogP contribution is 2.49. The Morgan fingerprint density at radius 2 is 0.910 bits per heavy atom. The fraction of sp³-hybridized carbons (Fsp3) is 0.0635. The van der Waals surface area contributed by atoms with Gasteiger partial charge in [0.15, 0.2) is 17.5 Å². The summed E-state index contributed by atoms with van der Waals surface area (Å²) in [4.78, 5) is 15.8. The quantitative estimate of drug-likeness (QED) is 0.145. The van der Waals surface area contributed by atoms with Gasteiger partial charge < -0.3 is 4.57 Å². The summed E-state index contributed by atoms with van der Waals surface area (Å²) in [6.45, 7) is 0. The van der Waals surface area contributed by atoms with E-state index in [1.54, 1.807) is 0 Å². The number of benzene rings is 8. The lowest BCUT2D eigenvalue weighted by Gasteiger charge is -2.31. The molecule has 0 saturated carbocycles. The standard InChI is InChI=1S/C63H46N4/c1-6-18-43(19-7-1)46-30-34-48(35-31-46)55-41-53(63-65-61(50-24-12-4-13-25-50)64-62(66-63)51-26-14-5-15-27-51)42-56(49-36-32-47(33-37-49)44-20-8-2-9-21-44)60(55)67-58-29-17-16-28-54(58)57-40-52(38-39-59(57)67)45-22-10-3-11-23-45/h1,3-8,10-40,42,55H,2,9,41H2. The molecule has 12 rings (SSSR count). The van der Waals surface area contributed by atoms with Gasteiger partial charge in [-0.2, -0.15) is 0 Å². The summed E-state index contributed by atoms with van der Waals surface area (Å²) in [5.41, 5.74) is 17.3. The van der Waals surface area contributed by atoms with Crippen molar-refractivity contribution in [1.82, 2.24) is 19.5 Å². The molecular weight excluding hydrogens is 813 g/mol. The van der Waals surface area contributed by atoms with Crippen molar-refractivity contribution in [1.29, 1.82) is 0 Å². The summed E-state index contributed by atoms with van der Waals surface area (Å²) >= 11 is 0. The third-order valence-corrected chi connectivity index (χ3v) is 13.3. The molecule has 0 bridgehead atoms. The maximum Gasteiger partial charge on any atom is 0.164 e. The molecule has 0 fully saturated rings. The number of aromatic nitrogens is 4. The van der Waals surface area contributed by atoms with E-state index in [4.69, 9.17) is 15.0 Å². The maximum absolute atomic E-state index is 5.33. The lowest BCUT2D eigenvalue weighted by atomic mass is 9.79. The van der Waals surface area contributed by atoms with E-state index < -0.39 is 0 Å². The average molecular weight is 859 g/mol. The predicted molar refractivity (Wildman–Crippen MR) is 279 cm³/mol. The van der Waals surface area contributed by atoms with Gasteiger partial charge in [0.2, 0.25) is 0 Å². The molecule has 2 aliphatic carbocycles. The van der Waals surface area contributed by atoms with Gasteiger partial charge in [-0.15, -0.1) is 0 Å². The zero-order valence-electron chi connectivity index (χ0n) is 37.0. The van der Waals surface area contributed by atoms with Crippen LogP contribution in [0.3, 0.4) is 0 Å². The maximum atomic E-state index is 5.33. The molecule has 4 nitrogen and oxygen atoms in total. The second kappa shape index (κ2) is 17.5. The van der Waals surface area contributed by atoms with Gasteiger partial charge in [-0.25, -0.2) is 15.0 Å². The molecule has 0 aliphatic heterocycles. The predicted octanol–water partition coefficient (Wildman–Crippen LogP) is 16.0. The summed E-state index contributed by atoms with van der Waals surface area (Å²) in [5, 5.41) is 2.44. The number of fused-ring (bicyclic) bond motifs is 3. The molecule has 0 amide bonds. The van der Waals surface area contributed by atoms with Crippen LogP contribution in [0.1, 0.15) is 47.7 Å². The molecule has 1 atom stereocenters.